The van der Waals surface area contributed by atoms with Crippen molar-refractivity contribution in [3.8, 4) is 0 Å². The molecule has 0 unspecified atom stereocenters. The second-order valence-electron chi connectivity index (χ2n) is 4.93. The van der Waals surface area contributed by atoms with Crippen LogP contribution in [0.3, 0.4) is 0 Å². The molecule has 1 fully saturated rings. The summed E-state index contributed by atoms with van der Waals surface area (Å²) >= 11 is 0. The van der Waals surface area contributed by atoms with Gasteiger partial charge in [0, 0.05) is 0 Å². The van der Waals surface area contributed by atoms with Gasteiger partial charge in [0.15, 0.2) is 0 Å². The summed E-state index contributed by atoms with van der Waals surface area (Å²) in [4.78, 5) is 0. The average molecular weight is 287 g/mol. The molecule has 0 radical (unpaired) electrons. The van der Waals surface area contributed by atoms with E-state index in [-0.39, 0.29) is 14.9 Å². The van der Waals surface area contributed by atoms with Gasteiger partial charge in [-0.3, -0.25) is 0 Å². The van der Waals surface area contributed by atoms with Crippen LogP contribution in [0.5, 0.6) is 0 Å². The summed E-state index contributed by atoms with van der Waals surface area (Å²) in [5, 5.41) is 0. The summed E-state index contributed by atoms with van der Waals surface area (Å²) in [5.41, 5.74) is 1.32. The third-order valence-electron chi connectivity index (χ3n) is 3.11. The van der Waals surface area contributed by atoms with Crippen molar-refractivity contribution < 1.29 is 0 Å². The monoisotopic (exact) mass is 286 g/mol. The lowest BCUT2D eigenvalue weighted by molar-refractivity contribution is 0.504. The first-order valence-electron chi connectivity index (χ1n) is 7.41. The molecule has 2 aromatic carbocycles. The Morgan fingerprint density at radius 2 is 0.714 bits per heavy atom. The van der Waals surface area contributed by atoms with Gasteiger partial charge in [-0.1, -0.05) is 126 Å². The average Bonchev–Trinajstić information content (AvgIpc) is 2.53. The van der Waals surface area contributed by atoms with E-state index in [1.54, 1.807) is 0 Å². The Kier molecular flexibility index (Phi) is 17.1. The van der Waals surface area contributed by atoms with Crippen molar-refractivity contribution in [2.24, 2.45) is 0 Å². The molecule has 0 aromatic heterocycles. The first-order chi connectivity index (χ1) is 9.39. The zero-order valence-electron chi connectivity index (χ0n) is 12.1. The van der Waals surface area contributed by atoms with E-state index in [1.807, 2.05) is 54.6 Å². The van der Waals surface area contributed by atoms with Gasteiger partial charge in [-0.05, 0) is 6.92 Å². The van der Waals surface area contributed by atoms with Gasteiger partial charge in [-0.25, -0.2) is 0 Å². The van der Waals surface area contributed by atoms with E-state index in [0.29, 0.717) is 0 Å². The van der Waals surface area contributed by atoms with Crippen LogP contribution in [-0.2, 0) is 0 Å². The van der Waals surface area contributed by atoms with Gasteiger partial charge < -0.3 is 0 Å². The number of hydrogen-bond acceptors (Lipinski definition) is 0. The molecule has 0 saturated heterocycles. The zero-order valence-corrected chi connectivity index (χ0v) is 12.1. The van der Waals surface area contributed by atoms with Crippen molar-refractivity contribution in [2.45, 2.75) is 60.3 Å². The van der Waals surface area contributed by atoms with Gasteiger partial charge in [0.05, 0.1) is 0 Å². The molecule has 0 spiro atoms. The van der Waals surface area contributed by atoms with E-state index in [4.69, 9.17) is 0 Å². The molecular formula is C21H34. The predicted molar refractivity (Wildman–Crippen MR) is 98.8 cm³/mol. The van der Waals surface area contributed by atoms with Crippen LogP contribution in [0.4, 0.5) is 0 Å². The largest absolute Gasteiger partial charge is 0.0776 e. The molecule has 0 bridgehead atoms. The molecule has 1 aliphatic rings. The third-order valence-corrected chi connectivity index (χ3v) is 3.11. The van der Waals surface area contributed by atoms with E-state index in [2.05, 4.69) is 19.1 Å². The van der Waals surface area contributed by atoms with Gasteiger partial charge in [0.25, 0.3) is 0 Å². The molecule has 0 aliphatic heterocycles. The Labute approximate surface area is 133 Å². The zero-order chi connectivity index (χ0) is 13.6. The highest BCUT2D eigenvalue weighted by Gasteiger charge is 1.95. The normalized spacial score (nSPS) is 12.0. The SMILES string of the molecule is C.C.C1CCCCC1.Cc1ccccc1.c1ccccc1. The van der Waals surface area contributed by atoms with Gasteiger partial charge in [0.2, 0.25) is 0 Å². The first-order valence-corrected chi connectivity index (χ1v) is 7.41. The Hall–Kier alpha value is -1.56. The Balaban J connectivity index is 0. The fourth-order valence-corrected chi connectivity index (χ4v) is 1.98. The molecule has 0 atom stereocenters. The van der Waals surface area contributed by atoms with Crippen LogP contribution in [0.2, 0.25) is 0 Å². The molecule has 0 nitrogen and oxygen atoms in total. The summed E-state index contributed by atoms with van der Waals surface area (Å²) in [5.74, 6) is 0. The fourth-order valence-electron chi connectivity index (χ4n) is 1.98. The molecule has 0 N–H and O–H groups in total. The van der Waals surface area contributed by atoms with Gasteiger partial charge >= 0.3 is 0 Å². The molecule has 1 aliphatic carbocycles. The maximum absolute atomic E-state index is 2.08. The molecule has 0 heteroatoms. The maximum atomic E-state index is 2.08. The highest BCUT2D eigenvalue weighted by molar-refractivity contribution is 5.11. The maximum Gasteiger partial charge on any atom is -0.0398 e. The quantitative estimate of drug-likeness (QED) is 0.477. The standard InChI is InChI=1S/C7H8.C6H12.C6H6.2CH4/c1-7-5-3-2-4-6-7;2*1-2-4-6-5-3-1;;/h2-6H,1H3;1-6H2;1-6H;2*1H4. The summed E-state index contributed by atoms with van der Waals surface area (Å²) in [6.45, 7) is 2.08. The van der Waals surface area contributed by atoms with E-state index >= 15 is 0 Å². The van der Waals surface area contributed by atoms with E-state index in [9.17, 15) is 0 Å². The van der Waals surface area contributed by atoms with E-state index in [0.717, 1.165) is 0 Å². The molecule has 0 amide bonds. The summed E-state index contributed by atoms with van der Waals surface area (Å²) < 4.78 is 0. The van der Waals surface area contributed by atoms with Crippen LogP contribution >= 0.6 is 0 Å². The lowest BCUT2D eigenvalue weighted by atomic mass is 10.0. The van der Waals surface area contributed by atoms with Crippen molar-refractivity contribution in [1.82, 2.24) is 0 Å². The number of rotatable bonds is 0. The minimum absolute atomic E-state index is 0. The van der Waals surface area contributed by atoms with Crippen molar-refractivity contribution in [3.63, 3.8) is 0 Å². The molecule has 118 valence electrons. The molecule has 1 saturated carbocycles. The molecule has 2 aromatic rings. The first kappa shape index (κ1) is 21.7. The minimum atomic E-state index is 0. The topological polar surface area (TPSA) is 0 Å². The second kappa shape index (κ2) is 16.5. The third kappa shape index (κ3) is 14.7. The van der Waals surface area contributed by atoms with Crippen LogP contribution in [0.1, 0.15) is 58.9 Å². The van der Waals surface area contributed by atoms with Gasteiger partial charge in [-0.2, -0.15) is 0 Å². The summed E-state index contributed by atoms with van der Waals surface area (Å²) in [6.07, 6.45) is 9.00. The fraction of sp³-hybridized carbons (Fsp3) is 0.429. The highest BCUT2D eigenvalue weighted by Crippen LogP contribution is 2.15. The lowest BCUT2D eigenvalue weighted by Gasteiger charge is -2.05. The minimum Gasteiger partial charge on any atom is -0.0776 e. The van der Waals surface area contributed by atoms with E-state index < -0.39 is 0 Å². The van der Waals surface area contributed by atoms with E-state index in [1.165, 1.54) is 44.1 Å². The van der Waals surface area contributed by atoms with Crippen LogP contribution in [-0.4, -0.2) is 0 Å². The van der Waals surface area contributed by atoms with Gasteiger partial charge in [0.1, 0.15) is 0 Å². The smallest absolute Gasteiger partial charge is 0.0398 e. The van der Waals surface area contributed by atoms with Crippen molar-refractivity contribution >= 4 is 0 Å². The molecule has 21 heavy (non-hydrogen) atoms. The number of benzene rings is 2. The van der Waals surface area contributed by atoms with Crippen LogP contribution in [0.25, 0.3) is 0 Å². The predicted octanol–water partition coefficient (Wildman–Crippen LogP) is 7.29. The Morgan fingerprint density at radius 1 is 0.476 bits per heavy atom. The lowest BCUT2D eigenvalue weighted by Crippen LogP contribution is -1.85. The Morgan fingerprint density at radius 3 is 0.905 bits per heavy atom. The van der Waals surface area contributed by atoms with Crippen molar-refractivity contribution in [3.05, 3.63) is 72.3 Å². The van der Waals surface area contributed by atoms with Crippen LogP contribution in [0.15, 0.2) is 66.7 Å². The second-order valence-corrected chi connectivity index (χ2v) is 4.93. The molecule has 3 rings (SSSR count). The van der Waals surface area contributed by atoms with Crippen molar-refractivity contribution in [2.75, 3.05) is 0 Å². The van der Waals surface area contributed by atoms with Crippen molar-refractivity contribution in [1.29, 1.82) is 0 Å². The number of hydrogen-bond donors (Lipinski definition) is 0. The summed E-state index contributed by atoms with van der Waals surface area (Å²) in [7, 11) is 0. The summed E-state index contributed by atoms with van der Waals surface area (Å²) in [6, 6.07) is 22.3. The Bertz CT molecular complexity index is 335. The number of aryl methyl sites for hydroxylation is 1. The molecular weight excluding hydrogens is 252 g/mol. The van der Waals surface area contributed by atoms with Crippen LogP contribution in [0, 0.1) is 6.92 Å². The van der Waals surface area contributed by atoms with Gasteiger partial charge in [-0.15, -0.1) is 0 Å². The molecule has 0 heterocycles. The highest BCUT2D eigenvalue weighted by atomic mass is 14.0. The van der Waals surface area contributed by atoms with Crippen LogP contribution < -0.4 is 0 Å².